The molecule has 0 aliphatic rings. The summed E-state index contributed by atoms with van der Waals surface area (Å²) in [5.74, 6) is 0. The fourth-order valence-corrected chi connectivity index (χ4v) is 1.18. The van der Waals surface area contributed by atoms with Gasteiger partial charge in [-0.2, -0.15) is 0 Å². The van der Waals surface area contributed by atoms with Crippen molar-refractivity contribution in [2.45, 2.75) is 26.8 Å². The Morgan fingerprint density at radius 2 is 1.62 bits per heavy atom. The van der Waals surface area contributed by atoms with Crippen molar-refractivity contribution >= 4 is 15.9 Å². The zero-order chi connectivity index (χ0) is 10.3. The van der Waals surface area contributed by atoms with Gasteiger partial charge in [0.25, 0.3) is 0 Å². The molecule has 0 heterocycles. The van der Waals surface area contributed by atoms with Gasteiger partial charge in [0.2, 0.25) is 0 Å². The molecular formula is C11H18BrN. The van der Waals surface area contributed by atoms with Crippen LogP contribution in [-0.2, 0) is 0 Å². The zero-order valence-electron chi connectivity index (χ0n) is 8.76. The van der Waals surface area contributed by atoms with Gasteiger partial charge in [0, 0.05) is 10.5 Å². The van der Waals surface area contributed by atoms with Crippen molar-refractivity contribution in [2.75, 3.05) is 7.05 Å². The smallest absolute Gasteiger partial charge is 0.0289 e. The van der Waals surface area contributed by atoms with Crippen LogP contribution in [0.25, 0.3) is 0 Å². The molecule has 13 heavy (non-hydrogen) atoms. The molecule has 0 radical (unpaired) electrons. The van der Waals surface area contributed by atoms with E-state index in [2.05, 4.69) is 52.4 Å². The molecule has 1 N–H and O–H groups in total. The average Bonchev–Trinajstić information content (AvgIpc) is 2.21. The van der Waals surface area contributed by atoms with Crippen molar-refractivity contribution < 1.29 is 0 Å². The molecule has 1 aromatic rings. The van der Waals surface area contributed by atoms with Crippen molar-refractivity contribution in [1.29, 1.82) is 0 Å². The first-order valence-electron chi connectivity index (χ1n) is 4.67. The number of hydrogen-bond donors (Lipinski definition) is 1. The molecule has 1 nitrogen and oxygen atoms in total. The third-order valence-electron chi connectivity index (χ3n) is 1.80. The van der Waals surface area contributed by atoms with E-state index in [4.69, 9.17) is 0 Å². The highest BCUT2D eigenvalue weighted by atomic mass is 79.9. The van der Waals surface area contributed by atoms with Crippen molar-refractivity contribution in [1.82, 2.24) is 5.32 Å². The highest BCUT2D eigenvalue weighted by Gasteiger charge is 1.99. The topological polar surface area (TPSA) is 12.0 Å². The molecule has 2 heteroatoms. The van der Waals surface area contributed by atoms with Gasteiger partial charge in [0.15, 0.2) is 0 Å². The molecule has 1 atom stereocenters. The van der Waals surface area contributed by atoms with E-state index in [1.165, 1.54) is 5.56 Å². The third kappa shape index (κ3) is 4.44. The summed E-state index contributed by atoms with van der Waals surface area (Å²) in [4.78, 5) is 0. The molecule has 0 aromatic heterocycles. The minimum Gasteiger partial charge on any atom is -0.313 e. The van der Waals surface area contributed by atoms with Crippen LogP contribution in [0.1, 0.15) is 32.4 Å². The molecule has 0 saturated heterocycles. The summed E-state index contributed by atoms with van der Waals surface area (Å²) >= 11 is 3.40. The van der Waals surface area contributed by atoms with Gasteiger partial charge in [0.1, 0.15) is 0 Å². The first-order valence-corrected chi connectivity index (χ1v) is 5.46. The normalized spacial score (nSPS) is 11.5. The largest absolute Gasteiger partial charge is 0.313 e. The lowest BCUT2D eigenvalue weighted by Crippen LogP contribution is -2.11. The lowest BCUT2D eigenvalue weighted by molar-refractivity contribution is 0.652. The molecule has 74 valence electrons. The predicted molar refractivity (Wildman–Crippen MR) is 63.0 cm³/mol. The molecule has 0 aliphatic carbocycles. The summed E-state index contributed by atoms with van der Waals surface area (Å²) < 4.78 is 1.13. The van der Waals surface area contributed by atoms with Crippen molar-refractivity contribution in [3.05, 3.63) is 34.3 Å². The monoisotopic (exact) mass is 243 g/mol. The van der Waals surface area contributed by atoms with E-state index >= 15 is 0 Å². The molecular weight excluding hydrogens is 226 g/mol. The predicted octanol–water partition coefficient (Wildman–Crippen LogP) is 3.76. The summed E-state index contributed by atoms with van der Waals surface area (Å²) in [6, 6.07) is 8.78. The maximum Gasteiger partial charge on any atom is 0.0289 e. The number of halogens is 1. The molecule has 1 aromatic carbocycles. The fourth-order valence-electron chi connectivity index (χ4n) is 0.918. The van der Waals surface area contributed by atoms with Crippen LogP contribution in [0.4, 0.5) is 0 Å². The van der Waals surface area contributed by atoms with Crippen molar-refractivity contribution in [3.8, 4) is 0 Å². The summed E-state index contributed by atoms with van der Waals surface area (Å²) in [6.07, 6.45) is 0. The minimum atomic E-state index is 0.433. The van der Waals surface area contributed by atoms with E-state index in [9.17, 15) is 0 Å². The lowest BCUT2D eigenvalue weighted by atomic mass is 10.1. The van der Waals surface area contributed by atoms with Gasteiger partial charge in [0.05, 0.1) is 0 Å². The average molecular weight is 244 g/mol. The Labute approximate surface area is 89.7 Å². The highest BCUT2D eigenvalue weighted by molar-refractivity contribution is 9.10. The van der Waals surface area contributed by atoms with E-state index in [-0.39, 0.29) is 0 Å². The first-order chi connectivity index (χ1) is 6.24. The van der Waals surface area contributed by atoms with Gasteiger partial charge < -0.3 is 5.32 Å². The Bertz CT molecular complexity index is 218. The lowest BCUT2D eigenvalue weighted by Gasteiger charge is -2.09. The van der Waals surface area contributed by atoms with Gasteiger partial charge in [-0.15, -0.1) is 0 Å². The van der Waals surface area contributed by atoms with Gasteiger partial charge in [-0.1, -0.05) is 41.9 Å². The molecule has 1 unspecified atom stereocenters. The summed E-state index contributed by atoms with van der Waals surface area (Å²) in [5.41, 5.74) is 1.32. The SMILES string of the molecule is CC.CNC(C)c1ccc(Br)cc1. The Morgan fingerprint density at radius 1 is 1.15 bits per heavy atom. The Balaban J connectivity index is 0.000000671. The highest BCUT2D eigenvalue weighted by Crippen LogP contribution is 2.15. The Kier molecular flexibility index (Phi) is 6.92. The van der Waals surface area contributed by atoms with E-state index in [1.54, 1.807) is 0 Å². The molecule has 0 saturated carbocycles. The Morgan fingerprint density at radius 3 is 2.00 bits per heavy atom. The van der Waals surface area contributed by atoms with E-state index in [1.807, 2.05) is 20.9 Å². The van der Waals surface area contributed by atoms with Crippen LogP contribution in [0, 0.1) is 0 Å². The van der Waals surface area contributed by atoms with E-state index in [0.717, 1.165) is 4.47 Å². The quantitative estimate of drug-likeness (QED) is 0.835. The second-order valence-electron chi connectivity index (χ2n) is 2.56. The van der Waals surface area contributed by atoms with Gasteiger partial charge in [-0.05, 0) is 31.7 Å². The minimum absolute atomic E-state index is 0.433. The van der Waals surface area contributed by atoms with Crippen LogP contribution in [0.2, 0.25) is 0 Å². The molecule has 0 fully saturated rings. The molecule has 0 aliphatic heterocycles. The standard InChI is InChI=1S/C9H12BrN.C2H6/c1-7(11-2)8-3-5-9(10)6-4-8;1-2/h3-7,11H,1-2H3;1-2H3. The van der Waals surface area contributed by atoms with Crippen molar-refractivity contribution in [2.24, 2.45) is 0 Å². The van der Waals surface area contributed by atoms with Crippen molar-refractivity contribution in [3.63, 3.8) is 0 Å². The summed E-state index contributed by atoms with van der Waals surface area (Å²) in [6.45, 7) is 6.14. The van der Waals surface area contributed by atoms with Crippen LogP contribution in [0.5, 0.6) is 0 Å². The van der Waals surface area contributed by atoms with Gasteiger partial charge in [-0.3, -0.25) is 0 Å². The van der Waals surface area contributed by atoms with Crippen LogP contribution in [-0.4, -0.2) is 7.05 Å². The molecule has 0 amide bonds. The fraction of sp³-hybridized carbons (Fsp3) is 0.455. The van der Waals surface area contributed by atoms with Gasteiger partial charge in [-0.25, -0.2) is 0 Å². The van der Waals surface area contributed by atoms with E-state index in [0.29, 0.717) is 6.04 Å². The molecule has 0 spiro atoms. The molecule has 1 rings (SSSR count). The zero-order valence-corrected chi connectivity index (χ0v) is 10.4. The summed E-state index contributed by atoms with van der Waals surface area (Å²) in [5, 5.41) is 3.19. The van der Waals surface area contributed by atoms with E-state index < -0.39 is 0 Å². The summed E-state index contributed by atoms with van der Waals surface area (Å²) in [7, 11) is 1.96. The van der Waals surface area contributed by atoms with Crippen LogP contribution in [0.3, 0.4) is 0 Å². The first kappa shape index (κ1) is 12.7. The number of benzene rings is 1. The van der Waals surface area contributed by atoms with Crippen LogP contribution >= 0.6 is 15.9 Å². The maximum absolute atomic E-state index is 3.40. The molecule has 0 bridgehead atoms. The number of hydrogen-bond acceptors (Lipinski definition) is 1. The third-order valence-corrected chi connectivity index (χ3v) is 2.33. The van der Waals surface area contributed by atoms with Gasteiger partial charge >= 0.3 is 0 Å². The second-order valence-corrected chi connectivity index (χ2v) is 3.48. The number of nitrogens with one attached hydrogen (secondary N) is 1. The number of rotatable bonds is 2. The Hall–Kier alpha value is -0.340. The van der Waals surface area contributed by atoms with Crippen LogP contribution in [0.15, 0.2) is 28.7 Å². The van der Waals surface area contributed by atoms with Crippen LogP contribution < -0.4 is 5.32 Å². The maximum atomic E-state index is 3.40. The second kappa shape index (κ2) is 7.10.